The second-order valence-corrected chi connectivity index (χ2v) is 8.42. The van der Waals surface area contributed by atoms with Gasteiger partial charge in [0, 0.05) is 42.3 Å². The molecule has 1 aliphatic rings. The van der Waals surface area contributed by atoms with Crippen molar-refractivity contribution >= 4 is 27.6 Å². The number of aryl methyl sites for hydroxylation is 1. The first-order valence-electron chi connectivity index (χ1n) is 11.3. The van der Waals surface area contributed by atoms with E-state index in [2.05, 4.69) is 52.2 Å². The quantitative estimate of drug-likeness (QED) is 0.455. The molecule has 0 bridgehead atoms. The van der Waals surface area contributed by atoms with Crippen LogP contribution in [0, 0.1) is 0 Å². The predicted molar refractivity (Wildman–Crippen MR) is 129 cm³/mol. The molecule has 0 atom stereocenters. The number of benzene rings is 2. The molecule has 0 spiro atoms. The molecule has 6 nitrogen and oxygen atoms in total. The van der Waals surface area contributed by atoms with E-state index in [-0.39, 0.29) is 5.63 Å². The number of piperidine rings is 1. The Balaban J connectivity index is 1.61. The standard InChI is InChI=1S/C26H29N3O3/c1-3-28-13-10-19-14-18(4-6-23(19)28)17-29(20-8-11-27-12-9-20)24-16-26(30)32-25-7-5-21(31-2)15-22(24)25/h4-7,10,13-16,20,27H,3,8-9,11-12,17H2,1-2H3. The van der Waals surface area contributed by atoms with Gasteiger partial charge in [0.1, 0.15) is 11.3 Å². The fraction of sp³-hybridized carbons (Fsp3) is 0.346. The molecule has 32 heavy (non-hydrogen) atoms. The van der Waals surface area contributed by atoms with Crippen LogP contribution in [0.25, 0.3) is 21.9 Å². The van der Waals surface area contributed by atoms with E-state index in [0.717, 1.165) is 55.8 Å². The van der Waals surface area contributed by atoms with Gasteiger partial charge in [-0.1, -0.05) is 6.07 Å². The van der Waals surface area contributed by atoms with Gasteiger partial charge < -0.3 is 23.9 Å². The minimum atomic E-state index is -0.327. The molecule has 4 aromatic rings. The van der Waals surface area contributed by atoms with Crippen LogP contribution in [-0.4, -0.2) is 30.8 Å². The Hall–Kier alpha value is -3.25. The maximum Gasteiger partial charge on any atom is 0.338 e. The van der Waals surface area contributed by atoms with Crippen molar-refractivity contribution in [1.82, 2.24) is 9.88 Å². The van der Waals surface area contributed by atoms with Crippen LogP contribution in [0.3, 0.4) is 0 Å². The zero-order valence-corrected chi connectivity index (χ0v) is 18.6. The Labute approximate surface area is 187 Å². The monoisotopic (exact) mass is 431 g/mol. The highest BCUT2D eigenvalue weighted by molar-refractivity contribution is 5.91. The van der Waals surface area contributed by atoms with Crippen molar-refractivity contribution < 1.29 is 9.15 Å². The summed E-state index contributed by atoms with van der Waals surface area (Å²) >= 11 is 0. The van der Waals surface area contributed by atoms with Crippen molar-refractivity contribution in [2.75, 3.05) is 25.1 Å². The van der Waals surface area contributed by atoms with Gasteiger partial charge >= 0.3 is 5.63 Å². The summed E-state index contributed by atoms with van der Waals surface area (Å²) in [7, 11) is 1.65. The van der Waals surface area contributed by atoms with E-state index in [1.807, 2.05) is 18.2 Å². The van der Waals surface area contributed by atoms with Gasteiger partial charge in [-0.25, -0.2) is 4.79 Å². The molecule has 1 aliphatic heterocycles. The fourth-order valence-corrected chi connectivity index (χ4v) is 4.84. The van der Waals surface area contributed by atoms with Crippen molar-refractivity contribution in [2.24, 2.45) is 0 Å². The molecule has 1 fully saturated rings. The average molecular weight is 432 g/mol. The lowest BCUT2D eigenvalue weighted by Crippen LogP contribution is -2.43. The van der Waals surface area contributed by atoms with Crippen LogP contribution in [0.5, 0.6) is 5.75 Å². The number of anilines is 1. The van der Waals surface area contributed by atoms with Gasteiger partial charge in [-0.05, 0) is 80.2 Å². The number of aromatic nitrogens is 1. The Morgan fingerprint density at radius 3 is 2.75 bits per heavy atom. The number of hydrogen-bond donors (Lipinski definition) is 1. The third-order valence-corrected chi connectivity index (χ3v) is 6.52. The van der Waals surface area contributed by atoms with E-state index in [1.165, 1.54) is 16.5 Å². The first-order chi connectivity index (χ1) is 15.7. The molecule has 166 valence electrons. The van der Waals surface area contributed by atoms with Crippen molar-refractivity contribution in [2.45, 2.75) is 38.9 Å². The largest absolute Gasteiger partial charge is 0.497 e. The number of nitrogens with one attached hydrogen (secondary N) is 1. The molecule has 0 amide bonds. The van der Waals surface area contributed by atoms with E-state index in [0.29, 0.717) is 11.6 Å². The molecular weight excluding hydrogens is 402 g/mol. The molecule has 0 aliphatic carbocycles. The maximum atomic E-state index is 12.5. The van der Waals surface area contributed by atoms with Crippen LogP contribution in [-0.2, 0) is 13.1 Å². The second kappa shape index (κ2) is 8.71. The molecule has 0 unspecified atom stereocenters. The third kappa shape index (κ3) is 3.86. The van der Waals surface area contributed by atoms with Crippen LogP contribution in [0.2, 0.25) is 0 Å². The Kier molecular flexibility index (Phi) is 5.62. The SMILES string of the molecule is CCn1ccc2cc(CN(c3cc(=O)oc4ccc(OC)cc34)C3CCNCC3)ccc21. The van der Waals surface area contributed by atoms with Crippen molar-refractivity contribution in [3.8, 4) is 5.75 Å². The Morgan fingerprint density at radius 2 is 1.97 bits per heavy atom. The third-order valence-electron chi connectivity index (χ3n) is 6.52. The van der Waals surface area contributed by atoms with Gasteiger partial charge in [-0.3, -0.25) is 0 Å². The zero-order chi connectivity index (χ0) is 22.1. The first-order valence-corrected chi connectivity index (χ1v) is 11.3. The van der Waals surface area contributed by atoms with Gasteiger partial charge in [0.2, 0.25) is 0 Å². The molecule has 2 aromatic heterocycles. The molecular formula is C26H29N3O3. The van der Waals surface area contributed by atoms with Crippen LogP contribution in [0.4, 0.5) is 5.69 Å². The minimum Gasteiger partial charge on any atom is -0.497 e. The van der Waals surface area contributed by atoms with Gasteiger partial charge in [0.25, 0.3) is 0 Å². The summed E-state index contributed by atoms with van der Waals surface area (Å²) in [6.07, 6.45) is 4.20. The minimum absolute atomic E-state index is 0.327. The smallest absolute Gasteiger partial charge is 0.338 e. The Morgan fingerprint density at radius 1 is 1.12 bits per heavy atom. The van der Waals surface area contributed by atoms with Crippen LogP contribution in [0.1, 0.15) is 25.3 Å². The lowest BCUT2D eigenvalue weighted by molar-refractivity contribution is 0.414. The van der Waals surface area contributed by atoms with Gasteiger partial charge in [-0.15, -0.1) is 0 Å². The zero-order valence-electron chi connectivity index (χ0n) is 18.6. The average Bonchev–Trinajstić information content (AvgIpc) is 3.24. The highest BCUT2D eigenvalue weighted by atomic mass is 16.5. The molecule has 6 heteroatoms. The summed E-state index contributed by atoms with van der Waals surface area (Å²) in [5.74, 6) is 0.750. The molecule has 0 saturated carbocycles. The highest BCUT2D eigenvalue weighted by Gasteiger charge is 2.24. The van der Waals surface area contributed by atoms with Crippen molar-refractivity contribution in [3.63, 3.8) is 0 Å². The summed E-state index contributed by atoms with van der Waals surface area (Å²) in [5.41, 5.74) is 3.65. The number of hydrogen-bond acceptors (Lipinski definition) is 5. The van der Waals surface area contributed by atoms with Crippen LogP contribution < -0.4 is 20.6 Å². The summed E-state index contributed by atoms with van der Waals surface area (Å²) in [4.78, 5) is 14.9. The summed E-state index contributed by atoms with van der Waals surface area (Å²) < 4.78 is 13.2. The predicted octanol–water partition coefficient (Wildman–Crippen LogP) is 4.53. The molecule has 5 rings (SSSR count). The lowest BCUT2D eigenvalue weighted by atomic mass is 10.0. The number of rotatable bonds is 6. The molecule has 2 aromatic carbocycles. The number of fused-ring (bicyclic) bond motifs is 2. The van der Waals surface area contributed by atoms with Crippen LogP contribution >= 0.6 is 0 Å². The van der Waals surface area contributed by atoms with Crippen LogP contribution in [0.15, 0.2) is 63.9 Å². The van der Waals surface area contributed by atoms with E-state index >= 15 is 0 Å². The topological polar surface area (TPSA) is 59.6 Å². The van der Waals surface area contributed by atoms with E-state index in [9.17, 15) is 4.79 Å². The maximum absolute atomic E-state index is 12.5. The van der Waals surface area contributed by atoms with Gasteiger partial charge in [-0.2, -0.15) is 0 Å². The van der Waals surface area contributed by atoms with Gasteiger partial charge in [0.15, 0.2) is 0 Å². The summed E-state index contributed by atoms with van der Waals surface area (Å²) in [6, 6.07) is 16.4. The Bertz CT molecular complexity index is 1300. The van der Waals surface area contributed by atoms with E-state index in [1.54, 1.807) is 13.2 Å². The van der Waals surface area contributed by atoms with Crippen molar-refractivity contribution in [3.05, 3.63) is 70.7 Å². The molecule has 0 radical (unpaired) electrons. The summed E-state index contributed by atoms with van der Waals surface area (Å²) in [5, 5.41) is 5.60. The normalized spacial score (nSPS) is 14.8. The number of nitrogens with zero attached hydrogens (tertiary/aromatic N) is 2. The molecule has 3 heterocycles. The number of methoxy groups -OCH3 is 1. The fourth-order valence-electron chi connectivity index (χ4n) is 4.84. The molecule has 1 saturated heterocycles. The van der Waals surface area contributed by atoms with E-state index < -0.39 is 0 Å². The number of ether oxygens (including phenoxy) is 1. The highest BCUT2D eigenvalue weighted by Crippen LogP contribution is 2.33. The lowest BCUT2D eigenvalue weighted by Gasteiger charge is -2.37. The molecule has 1 N–H and O–H groups in total. The van der Waals surface area contributed by atoms with E-state index in [4.69, 9.17) is 9.15 Å². The second-order valence-electron chi connectivity index (χ2n) is 8.42. The first kappa shape index (κ1) is 20.6. The van der Waals surface area contributed by atoms with Crippen molar-refractivity contribution in [1.29, 1.82) is 0 Å². The van der Waals surface area contributed by atoms with Gasteiger partial charge in [0.05, 0.1) is 12.8 Å². The summed E-state index contributed by atoms with van der Waals surface area (Å²) in [6.45, 7) is 5.79.